The lowest BCUT2D eigenvalue weighted by Crippen LogP contribution is -2.27. The van der Waals surface area contributed by atoms with Gasteiger partial charge in [-0.25, -0.2) is 0 Å². The molecule has 3 heterocycles. The van der Waals surface area contributed by atoms with E-state index in [1.54, 1.807) is 12.1 Å². The number of benzene rings is 1. The van der Waals surface area contributed by atoms with E-state index in [0.717, 1.165) is 0 Å². The van der Waals surface area contributed by atoms with E-state index in [1.165, 1.54) is 7.11 Å². The highest BCUT2D eigenvalue weighted by Gasteiger charge is 2.45. The summed E-state index contributed by atoms with van der Waals surface area (Å²) >= 11 is 0. The molecule has 0 aromatic heterocycles. The Morgan fingerprint density at radius 2 is 1.85 bits per heavy atom. The van der Waals surface area contributed by atoms with Crippen molar-refractivity contribution in [3.05, 3.63) is 29.8 Å². The van der Waals surface area contributed by atoms with Crippen LogP contribution in [0.2, 0.25) is 0 Å². The average Bonchev–Trinajstić information content (AvgIpc) is 3.39. The van der Waals surface area contributed by atoms with Gasteiger partial charge in [-0.3, -0.25) is 9.59 Å². The third-order valence-corrected chi connectivity index (χ3v) is 4.73. The predicted octanol–water partition coefficient (Wildman–Crippen LogP) is 1.44. The molecule has 26 heavy (non-hydrogen) atoms. The van der Waals surface area contributed by atoms with E-state index in [-0.39, 0.29) is 13.4 Å². The Hall–Kier alpha value is -2.58. The fourth-order valence-electron chi connectivity index (χ4n) is 3.38. The SMILES string of the molecule is C=C(c1cc2c(cc1C1OCCO1)OCO2)[C@H]1COC(=O)[C@@H]1C(=O)OC. The number of cyclic esters (lactones) is 1. The fourth-order valence-corrected chi connectivity index (χ4v) is 3.38. The number of hydrogen-bond donors (Lipinski definition) is 0. The van der Waals surface area contributed by atoms with Crippen LogP contribution in [0.25, 0.3) is 5.57 Å². The van der Waals surface area contributed by atoms with Crippen LogP contribution in [0.4, 0.5) is 0 Å². The Balaban J connectivity index is 1.73. The van der Waals surface area contributed by atoms with Crippen LogP contribution >= 0.6 is 0 Å². The van der Waals surface area contributed by atoms with Gasteiger partial charge in [0.25, 0.3) is 0 Å². The van der Waals surface area contributed by atoms with Gasteiger partial charge in [0, 0.05) is 11.5 Å². The molecule has 0 aliphatic carbocycles. The van der Waals surface area contributed by atoms with E-state index in [2.05, 4.69) is 6.58 Å². The molecule has 2 fully saturated rings. The first-order valence-corrected chi connectivity index (χ1v) is 8.20. The quantitative estimate of drug-likeness (QED) is 0.587. The van der Waals surface area contributed by atoms with E-state index in [9.17, 15) is 9.59 Å². The van der Waals surface area contributed by atoms with E-state index >= 15 is 0 Å². The highest BCUT2D eigenvalue weighted by Crippen LogP contribution is 2.44. The molecule has 4 rings (SSSR count). The lowest BCUT2D eigenvalue weighted by atomic mass is 9.83. The standard InChI is InChI=1S/C18H18O8/c1-9(12-7-24-17(20)15(12)16(19)21-2)10-5-13-14(26-8-25-13)6-11(10)18-22-3-4-23-18/h5-6,12,15,18H,1,3-4,7-8H2,2H3/t12-,15+/m1/s1. The summed E-state index contributed by atoms with van der Waals surface area (Å²) in [6, 6.07) is 3.55. The van der Waals surface area contributed by atoms with Crippen molar-refractivity contribution in [3.63, 3.8) is 0 Å². The number of methoxy groups -OCH3 is 1. The van der Waals surface area contributed by atoms with E-state index in [4.69, 9.17) is 28.4 Å². The molecule has 2 saturated heterocycles. The molecular formula is C18H18O8. The maximum absolute atomic E-state index is 12.0. The normalized spacial score (nSPS) is 24.6. The smallest absolute Gasteiger partial charge is 0.321 e. The second-order valence-electron chi connectivity index (χ2n) is 6.13. The third-order valence-electron chi connectivity index (χ3n) is 4.73. The third kappa shape index (κ3) is 2.71. The number of rotatable bonds is 4. The Kier molecular flexibility index (Phi) is 4.29. The molecular weight excluding hydrogens is 344 g/mol. The first kappa shape index (κ1) is 16.9. The van der Waals surface area contributed by atoms with Crippen molar-refractivity contribution in [2.75, 3.05) is 33.7 Å². The van der Waals surface area contributed by atoms with Gasteiger partial charge in [0.2, 0.25) is 6.79 Å². The minimum Gasteiger partial charge on any atom is -0.468 e. The minimum atomic E-state index is -1.05. The van der Waals surface area contributed by atoms with Crippen LogP contribution in [-0.4, -0.2) is 45.7 Å². The highest BCUT2D eigenvalue weighted by molar-refractivity contribution is 5.99. The molecule has 2 atom stereocenters. The Bertz CT molecular complexity index is 765. The van der Waals surface area contributed by atoms with Crippen molar-refractivity contribution in [1.29, 1.82) is 0 Å². The average molecular weight is 362 g/mol. The van der Waals surface area contributed by atoms with Crippen LogP contribution in [0.5, 0.6) is 11.5 Å². The van der Waals surface area contributed by atoms with Crippen LogP contribution in [0, 0.1) is 11.8 Å². The number of fused-ring (bicyclic) bond motifs is 1. The highest BCUT2D eigenvalue weighted by atomic mass is 16.7. The molecule has 3 aliphatic rings. The van der Waals surface area contributed by atoms with Crippen LogP contribution in [-0.2, 0) is 28.5 Å². The summed E-state index contributed by atoms with van der Waals surface area (Å²) in [7, 11) is 1.24. The molecule has 0 spiro atoms. The zero-order valence-electron chi connectivity index (χ0n) is 14.2. The number of carbonyl (C=O) groups is 2. The van der Waals surface area contributed by atoms with Gasteiger partial charge >= 0.3 is 11.9 Å². The molecule has 3 aliphatic heterocycles. The Labute approximate surface area is 149 Å². The summed E-state index contributed by atoms with van der Waals surface area (Å²) in [5.74, 6) is -1.71. The molecule has 8 heteroatoms. The van der Waals surface area contributed by atoms with Gasteiger partial charge in [-0.1, -0.05) is 6.58 Å². The number of hydrogen-bond acceptors (Lipinski definition) is 8. The van der Waals surface area contributed by atoms with Gasteiger partial charge in [-0.05, 0) is 23.3 Å². The Morgan fingerprint density at radius 1 is 1.15 bits per heavy atom. The lowest BCUT2D eigenvalue weighted by molar-refractivity contribution is -0.154. The molecule has 1 aromatic rings. The molecule has 0 amide bonds. The molecule has 0 unspecified atom stereocenters. The first-order chi connectivity index (χ1) is 12.6. The zero-order chi connectivity index (χ0) is 18.3. The summed E-state index contributed by atoms with van der Waals surface area (Å²) in [5, 5.41) is 0. The Morgan fingerprint density at radius 3 is 2.54 bits per heavy atom. The van der Waals surface area contributed by atoms with E-state index in [1.807, 2.05) is 0 Å². The van der Waals surface area contributed by atoms with E-state index in [0.29, 0.717) is 41.4 Å². The van der Waals surface area contributed by atoms with Crippen molar-refractivity contribution in [2.45, 2.75) is 6.29 Å². The van der Waals surface area contributed by atoms with Crippen molar-refractivity contribution in [1.82, 2.24) is 0 Å². The lowest BCUT2D eigenvalue weighted by Gasteiger charge is -2.21. The molecule has 8 nitrogen and oxygen atoms in total. The van der Waals surface area contributed by atoms with Crippen LogP contribution in [0.1, 0.15) is 17.4 Å². The van der Waals surface area contributed by atoms with Crippen molar-refractivity contribution >= 4 is 17.5 Å². The number of carbonyl (C=O) groups excluding carboxylic acids is 2. The predicted molar refractivity (Wildman–Crippen MR) is 86.2 cm³/mol. The fraction of sp³-hybridized carbons (Fsp3) is 0.444. The minimum absolute atomic E-state index is 0.0533. The summed E-state index contributed by atoms with van der Waals surface area (Å²) in [5.41, 5.74) is 1.94. The molecule has 0 radical (unpaired) electrons. The molecule has 138 valence electrons. The van der Waals surface area contributed by atoms with Crippen molar-refractivity contribution in [2.24, 2.45) is 11.8 Å². The van der Waals surface area contributed by atoms with Crippen LogP contribution in [0.15, 0.2) is 18.7 Å². The molecule has 0 saturated carbocycles. The second-order valence-corrected chi connectivity index (χ2v) is 6.13. The largest absolute Gasteiger partial charge is 0.468 e. The molecule has 1 aromatic carbocycles. The van der Waals surface area contributed by atoms with Gasteiger partial charge in [-0.2, -0.15) is 0 Å². The second kappa shape index (κ2) is 6.62. The van der Waals surface area contributed by atoms with Gasteiger partial charge in [0.05, 0.1) is 26.9 Å². The summed E-state index contributed by atoms with van der Waals surface area (Å²) in [6.45, 7) is 5.24. The number of esters is 2. The van der Waals surface area contributed by atoms with Gasteiger partial charge < -0.3 is 28.4 Å². The monoisotopic (exact) mass is 362 g/mol. The molecule has 0 bridgehead atoms. The van der Waals surface area contributed by atoms with Crippen LogP contribution in [0.3, 0.4) is 0 Å². The first-order valence-electron chi connectivity index (χ1n) is 8.20. The summed E-state index contributed by atoms with van der Waals surface area (Å²) in [6.07, 6.45) is -0.578. The summed E-state index contributed by atoms with van der Waals surface area (Å²) in [4.78, 5) is 24.0. The van der Waals surface area contributed by atoms with Gasteiger partial charge in [-0.15, -0.1) is 0 Å². The van der Waals surface area contributed by atoms with Gasteiger partial charge in [0.1, 0.15) is 0 Å². The maximum Gasteiger partial charge on any atom is 0.321 e. The zero-order valence-corrected chi connectivity index (χ0v) is 14.2. The molecule has 0 N–H and O–H groups in total. The number of ether oxygens (including phenoxy) is 6. The maximum atomic E-state index is 12.0. The van der Waals surface area contributed by atoms with Crippen LogP contribution < -0.4 is 9.47 Å². The van der Waals surface area contributed by atoms with E-state index < -0.39 is 30.1 Å². The summed E-state index contributed by atoms with van der Waals surface area (Å²) < 4.78 is 32.0. The topological polar surface area (TPSA) is 89.5 Å². The van der Waals surface area contributed by atoms with Crippen molar-refractivity contribution < 1.29 is 38.0 Å². The van der Waals surface area contributed by atoms with Crippen molar-refractivity contribution in [3.8, 4) is 11.5 Å². The van der Waals surface area contributed by atoms with Gasteiger partial charge in [0.15, 0.2) is 23.7 Å².